The zero-order chi connectivity index (χ0) is 11.8. The van der Waals surface area contributed by atoms with E-state index in [2.05, 4.69) is 13.8 Å². The Morgan fingerprint density at radius 1 is 1.25 bits per heavy atom. The Morgan fingerprint density at radius 3 is 2.38 bits per heavy atom. The van der Waals surface area contributed by atoms with E-state index in [0.29, 0.717) is 24.9 Å². The van der Waals surface area contributed by atoms with Gasteiger partial charge in [-0.15, -0.1) is 0 Å². The average molecular weight is 226 g/mol. The number of Topliss-reactive ketones (excluding diaryl/α,β-unsaturated/α-hetero) is 1. The molecule has 0 bridgehead atoms. The highest BCUT2D eigenvalue weighted by Crippen LogP contribution is 2.44. The van der Waals surface area contributed by atoms with Gasteiger partial charge in [-0.05, 0) is 24.7 Å². The number of carbonyl (C=O) groups is 1. The Bertz CT molecular complexity index is 277. The molecule has 0 aromatic heterocycles. The maximum absolute atomic E-state index is 11.5. The third-order valence-electron chi connectivity index (χ3n) is 4.08. The van der Waals surface area contributed by atoms with Crippen LogP contribution in [0.2, 0.25) is 0 Å². The van der Waals surface area contributed by atoms with Gasteiger partial charge in [0.2, 0.25) is 0 Å². The molecule has 3 nitrogen and oxygen atoms in total. The van der Waals surface area contributed by atoms with Crippen molar-refractivity contribution in [3.63, 3.8) is 0 Å². The number of ketones is 1. The Hall–Kier alpha value is -0.410. The van der Waals surface area contributed by atoms with Gasteiger partial charge in [0.05, 0.1) is 13.2 Å². The van der Waals surface area contributed by atoms with Crippen molar-refractivity contribution >= 4 is 5.78 Å². The predicted molar refractivity (Wildman–Crippen MR) is 61.1 cm³/mol. The van der Waals surface area contributed by atoms with Gasteiger partial charge in [0.15, 0.2) is 5.79 Å². The highest BCUT2D eigenvalue weighted by Gasteiger charge is 2.41. The summed E-state index contributed by atoms with van der Waals surface area (Å²) >= 11 is 0. The molecule has 1 saturated carbocycles. The summed E-state index contributed by atoms with van der Waals surface area (Å²) in [5.41, 5.74) is 0.159. The van der Waals surface area contributed by atoms with Crippen molar-refractivity contribution in [3.8, 4) is 0 Å². The highest BCUT2D eigenvalue weighted by atomic mass is 16.7. The Balaban J connectivity index is 1.88. The van der Waals surface area contributed by atoms with E-state index in [1.807, 2.05) is 6.92 Å². The Morgan fingerprint density at radius 2 is 1.88 bits per heavy atom. The van der Waals surface area contributed by atoms with Crippen molar-refractivity contribution in [2.45, 2.75) is 52.2 Å². The summed E-state index contributed by atoms with van der Waals surface area (Å²) in [6, 6.07) is 0. The van der Waals surface area contributed by atoms with E-state index >= 15 is 0 Å². The summed E-state index contributed by atoms with van der Waals surface area (Å²) in [7, 11) is 0. The molecule has 0 spiro atoms. The lowest BCUT2D eigenvalue weighted by molar-refractivity contribution is -0.150. The fraction of sp³-hybridized carbons (Fsp3) is 0.923. The molecule has 0 unspecified atom stereocenters. The van der Waals surface area contributed by atoms with Crippen molar-refractivity contribution in [3.05, 3.63) is 0 Å². The number of carbonyl (C=O) groups excluding carboxylic acids is 1. The lowest BCUT2D eigenvalue weighted by Gasteiger charge is -2.29. The maximum Gasteiger partial charge on any atom is 0.165 e. The molecule has 16 heavy (non-hydrogen) atoms. The molecule has 0 aromatic carbocycles. The minimum atomic E-state index is -0.401. The zero-order valence-corrected chi connectivity index (χ0v) is 10.5. The summed E-state index contributed by atoms with van der Waals surface area (Å²) < 4.78 is 11.2. The van der Waals surface area contributed by atoms with Crippen LogP contribution in [0.4, 0.5) is 0 Å². The van der Waals surface area contributed by atoms with Crippen LogP contribution in [-0.2, 0) is 14.3 Å². The summed E-state index contributed by atoms with van der Waals surface area (Å²) in [6.07, 6.45) is 3.39. The number of hydrogen-bond donors (Lipinski definition) is 0. The fourth-order valence-electron chi connectivity index (χ4n) is 2.91. The van der Waals surface area contributed by atoms with Gasteiger partial charge in [0.25, 0.3) is 0 Å². The molecule has 0 aromatic rings. The van der Waals surface area contributed by atoms with Gasteiger partial charge in [-0.2, -0.15) is 0 Å². The molecular formula is C13H22O3. The van der Waals surface area contributed by atoms with Gasteiger partial charge in [-0.25, -0.2) is 0 Å². The van der Waals surface area contributed by atoms with E-state index in [1.165, 1.54) is 0 Å². The number of ether oxygens (including phenoxy) is 2. The van der Waals surface area contributed by atoms with Gasteiger partial charge in [-0.3, -0.25) is 4.79 Å². The monoisotopic (exact) mass is 226 g/mol. The van der Waals surface area contributed by atoms with E-state index in [-0.39, 0.29) is 5.41 Å². The molecule has 1 saturated heterocycles. The largest absolute Gasteiger partial charge is 0.348 e. The third-order valence-corrected chi connectivity index (χ3v) is 4.08. The Labute approximate surface area is 97.5 Å². The molecule has 1 aliphatic carbocycles. The topological polar surface area (TPSA) is 35.5 Å². The van der Waals surface area contributed by atoms with E-state index in [9.17, 15) is 4.79 Å². The highest BCUT2D eigenvalue weighted by molar-refractivity contribution is 5.81. The van der Waals surface area contributed by atoms with Crippen LogP contribution in [0.25, 0.3) is 0 Å². The third kappa shape index (κ3) is 2.46. The predicted octanol–water partition coefficient (Wildman–Crippen LogP) is 2.53. The second kappa shape index (κ2) is 4.11. The van der Waals surface area contributed by atoms with E-state index in [4.69, 9.17) is 9.47 Å². The van der Waals surface area contributed by atoms with Crippen LogP contribution in [-0.4, -0.2) is 24.8 Å². The van der Waals surface area contributed by atoms with Crippen LogP contribution in [0.5, 0.6) is 0 Å². The smallest absolute Gasteiger partial charge is 0.165 e. The van der Waals surface area contributed by atoms with E-state index < -0.39 is 5.79 Å². The zero-order valence-electron chi connectivity index (χ0n) is 10.5. The molecule has 2 rings (SSSR count). The fourth-order valence-corrected chi connectivity index (χ4v) is 2.91. The maximum atomic E-state index is 11.5. The summed E-state index contributed by atoms with van der Waals surface area (Å²) in [5.74, 6) is 0.500. The van der Waals surface area contributed by atoms with Crippen LogP contribution in [0.1, 0.15) is 46.5 Å². The van der Waals surface area contributed by atoms with Crippen molar-refractivity contribution in [1.29, 1.82) is 0 Å². The molecule has 92 valence electrons. The second-order valence-corrected chi connectivity index (χ2v) is 5.97. The number of hydrogen-bond acceptors (Lipinski definition) is 3. The molecule has 1 heterocycles. The first-order chi connectivity index (χ1) is 7.41. The molecule has 1 aliphatic heterocycles. The Kier molecular flexibility index (Phi) is 3.10. The summed E-state index contributed by atoms with van der Waals surface area (Å²) in [6.45, 7) is 7.79. The standard InChI is InChI=1S/C13H22O3/c1-12(2)9-11(14)8-10(12)4-5-13(3)15-6-7-16-13/h10H,4-9H2,1-3H3/t10-/m1/s1. The van der Waals surface area contributed by atoms with Crippen LogP contribution in [0.3, 0.4) is 0 Å². The molecule has 2 aliphatic rings. The van der Waals surface area contributed by atoms with Gasteiger partial charge in [-0.1, -0.05) is 13.8 Å². The molecular weight excluding hydrogens is 204 g/mol. The van der Waals surface area contributed by atoms with Crippen molar-refractivity contribution in [1.82, 2.24) is 0 Å². The van der Waals surface area contributed by atoms with E-state index in [1.54, 1.807) is 0 Å². The van der Waals surface area contributed by atoms with Crippen LogP contribution in [0, 0.1) is 11.3 Å². The first kappa shape index (κ1) is 12.1. The molecule has 3 heteroatoms. The minimum absolute atomic E-state index is 0.159. The normalized spacial score (nSPS) is 32.2. The first-order valence-electron chi connectivity index (χ1n) is 6.21. The quantitative estimate of drug-likeness (QED) is 0.742. The second-order valence-electron chi connectivity index (χ2n) is 5.97. The minimum Gasteiger partial charge on any atom is -0.348 e. The first-order valence-corrected chi connectivity index (χ1v) is 6.21. The van der Waals surface area contributed by atoms with Gasteiger partial charge < -0.3 is 9.47 Å². The SMILES string of the molecule is CC1(CC[C@@H]2CC(=O)CC2(C)C)OCCO1. The average Bonchev–Trinajstić information content (AvgIpc) is 2.68. The molecule has 2 fully saturated rings. The summed E-state index contributed by atoms with van der Waals surface area (Å²) in [5, 5.41) is 0. The number of rotatable bonds is 3. The van der Waals surface area contributed by atoms with Crippen molar-refractivity contribution in [2.24, 2.45) is 11.3 Å². The van der Waals surface area contributed by atoms with Crippen molar-refractivity contribution in [2.75, 3.05) is 13.2 Å². The lowest BCUT2D eigenvalue weighted by Crippen LogP contribution is -2.28. The van der Waals surface area contributed by atoms with E-state index in [0.717, 1.165) is 25.7 Å². The van der Waals surface area contributed by atoms with Gasteiger partial charge >= 0.3 is 0 Å². The van der Waals surface area contributed by atoms with Gasteiger partial charge in [0, 0.05) is 19.3 Å². The molecule has 0 N–H and O–H groups in total. The van der Waals surface area contributed by atoms with Crippen LogP contribution >= 0.6 is 0 Å². The van der Waals surface area contributed by atoms with Crippen molar-refractivity contribution < 1.29 is 14.3 Å². The lowest BCUT2D eigenvalue weighted by atomic mass is 9.79. The molecule has 0 radical (unpaired) electrons. The van der Waals surface area contributed by atoms with Gasteiger partial charge in [0.1, 0.15) is 5.78 Å². The molecule has 0 amide bonds. The van der Waals surface area contributed by atoms with Crippen LogP contribution in [0.15, 0.2) is 0 Å². The summed E-state index contributed by atoms with van der Waals surface area (Å²) in [4.78, 5) is 11.5. The molecule has 1 atom stereocenters. The van der Waals surface area contributed by atoms with Crippen LogP contribution < -0.4 is 0 Å².